The maximum absolute atomic E-state index is 11.2. The first-order valence-electron chi connectivity index (χ1n) is 12.5. The van der Waals surface area contributed by atoms with Crippen molar-refractivity contribution in [1.82, 2.24) is 9.55 Å². The zero-order chi connectivity index (χ0) is 26.1. The molecule has 0 saturated heterocycles. The van der Waals surface area contributed by atoms with Gasteiger partial charge >= 0.3 is 0 Å². The van der Waals surface area contributed by atoms with Crippen molar-refractivity contribution in [2.45, 2.75) is 12.5 Å². The third-order valence-corrected chi connectivity index (χ3v) is 7.64. The smallest absolute Gasteiger partial charge is 0.150 e. The van der Waals surface area contributed by atoms with Gasteiger partial charge in [0, 0.05) is 16.1 Å². The summed E-state index contributed by atoms with van der Waals surface area (Å²) in [6.45, 7) is 2.08. The highest BCUT2D eigenvalue weighted by Gasteiger charge is 2.39. The van der Waals surface area contributed by atoms with Crippen LogP contribution in [0.4, 0.5) is 0 Å². The van der Waals surface area contributed by atoms with Crippen LogP contribution < -0.4 is 0 Å². The molecule has 0 atom stereocenters. The van der Waals surface area contributed by atoms with Crippen LogP contribution in [-0.2, 0) is 5.54 Å². The van der Waals surface area contributed by atoms with Crippen molar-refractivity contribution >= 4 is 28.9 Å². The quantitative estimate of drug-likeness (QED) is 0.166. The Morgan fingerprint density at radius 2 is 1.24 bits per heavy atom. The second kappa shape index (κ2) is 9.77. The summed E-state index contributed by atoms with van der Waals surface area (Å²) in [5.41, 5.74) is 8.18. The number of aromatic nitrogens is 2. The number of nitrogens with zero attached hydrogens (tertiary/aromatic N) is 2. The van der Waals surface area contributed by atoms with E-state index in [1.54, 1.807) is 12.1 Å². The summed E-state index contributed by atoms with van der Waals surface area (Å²) >= 11 is 6.60. The molecule has 0 radical (unpaired) electrons. The first-order chi connectivity index (χ1) is 18.6. The Bertz CT molecular complexity index is 1650. The van der Waals surface area contributed by atoms with Crippen LogP contribution >= 0.6 is 11.6 Å². The molecule has 1 aromatic heterocycles. The van der Waals surface area contributed by atoms with Crippen LogP contribution in [-0.4, -0.2) is 15.8 Å². The molecular weight excluding hydrogens is 488 g/mol. The van der Waals surface area contributed by atoms with Crippen LogP contribution in [0.5, 0.6) is 0 Å². The van der Waals surface area contributed by atoms with E-state index in [1.165, 1.54) is 0 Å². The Labute approximate surface area is 227 Å². The fourth-order valence-corrected chi connectivity index (χ4v) is 5.85. The van der Waals surface area contributed by atoms with Gasteiger partial charge in [-0.1, -0.05) is 121 Å². The van der Waals surface area contributed by atoms with E-state index in [1.807, 2.05) is 30.6 Å². The lowest BCUT2D eigenvalue weighted by atomic mass is 9.76. The van der Waals surface area contributed by atoms with Crippen LogP contribution in [0.3, 0.4) is 0 Å². The Morgan fingerprint density at radius 1 is 0.711 bits per heavy atom. The largest absolute Gasteiger partial charge is 0.312 e. The van der Waals surface area contributed by atoms with E-state index >= 15 is 0 Å². The molecule has 5 aromatic carbocycles. The Morgan fingerprint density at radius 3 is 1.74 bits per heavy atom. The van der Waals surface area contributed by atoms with E-state index in [4.69, 9.17) is 16.6 Å². The minimum Gasteiger partial charge on any atom is -0.312 e. The molecule has 0 aliphatic rings. The normalized spacial score (nSPS) is 11.5. The Balaban J connectivity index is 1.66. The van der Waals surface area contributed by atoms with Gasteiger partial charge < -0.3 is 4.57 Å². The first kappa shape index (κ1) is 23.9. The molecule has 0 aliphatic carbocycles. The predicted octanol–water partition coefficient (Wildman–Crippen LogP) is 8.32. The molecule has 0 saturated carbocycles. The second-order valence-electron chi connectivity index (χ2n) is 9.39. The molecule has 4 heteroatoms. The molecule has 3 nitrogen and oxygen atoms in total. The summed E-state index contributed by atoms with van der Waals surface area (Å²) in [4.78, 5) is 16.2. The van der Waals surface area contributed by atoms with E-state index in [-0.39, 0.29) is 0 Å². The molecule has 184 valence electrons. The van der Waals surface area contributed by atoms with Crippen molar-refractivity contribution in [2.75, 3.05) is 0 Å². The van der Waals surface area contributed by atoms with E-state index in [0.717, 1.165) is 50.7 Å². The zero-order valence-corrected chi connectivity index (χ0v) is 21.6. The van der Waals surface area contributed by atoms with Crippen molar-refractivity contribution in [3.05, 3.63) is 160 Å². The number of aldehydes is 1. The maximum atomic E-state index is 11.2. The van der Waals surface area contributed by atoms with Crippen LogP contribution in [0, 0.1) is 6.92 Å². The van der Waals surface area contributed by atoms with Gasteiger partial charge in [-0.2, -0.15) is 0 Å². The minimum absolute atomic E-state index is 0.545. The molecule has 38 heavy (non-hydrogen) atoms. The van der Waals surface area contributed by atoms with Gasteiger partial charge in [0.15, 0.2) is 0 Å². The van der Waals surface area contributed by atoms with Gasteiger partial charge in [-0.25, -0.2) is 4.98 Å². The van der Waals surface area contributed by atoms with Gasteiger partial charge in [-0.3, -0.25) is 4.79 Å². The fraction of sp³-hybridized carbons (Fsp3) is 0.0588. The zero-order valence-electron chi connectivity index (χ0n) is 20.9. The number of hydrogen-bond donors (Lipinski definition) is 0. The molecule has 0 aliphatic heterocycles. The molecule has 6 rings (SSSR count). The topological polar surface area (TPSA) is 34.9 Å². The monoisotopic (exact) mass is 512 g/mol. The fourth-order valence-electron chi connectivity index (χ4n) is 5.56. The van der Waals surface area contributed by atoms with Crippen molar-refractivity contribution in [2.24, 2.45) is 0 Å². The van der Waals surface area contributed by atoms with Crippen molar-refractivity contribution in [3.63, 3.8) is 0 Å². The summed E-state index contributed by atoms with van der Waals surface area (Å²) in [5.74, 6) is 0. The molecular formula is C34H25ClN2O. The molecule has 0 fully saturated rings. The van der Waals surface area contributed by atoms with Gasteiger partial charge in [0.25, 0.3) is 0 Å². The molecule has 0 N–H and O–H groups in total. The number of fused-ring (bicyclic) bond motifs is 1. The summed E-state index contributed by atoms with van der Waals surface area (Å²) < 4.78 is 2.29. The number of carbonyl (C=O) groups is 1. The van der Waals surface area contributed by atoms with E-state index in [0.29, 0.717) is 10.6 Å². The van der Waals surface area contributed by atoms with E-state index < -0.39 is 5.54 Å². The number of benzene rings is 5. The average molecular weight is 513 g/mol. The highest BCUT2D eigenvalue weighted by atomic mass is 35.5. The predicted molar refractivity (Wildman–Crippen MR) is 155 cm³/mol. The minimum atomic E-state index is -0.643. The summed E-state index contributed by atoms with van der Waals surface area (Å²) in [5, 5.41) is 0.545. The summed E-state index contributed by atoms with van der Waals surface area (Å²) in [6, 6.07) is 41.4. The van der Waals surface area contributed by atoms with Gasteiger partial charge in [0.1, 0.15) is 11.8 Å². The third kappa shape index (κ3) is 3.75. The van der Waals surface area contributed by atoms with Gasteiger partial charge in [-0.05, 0) is 46.9 Å². The van der Waals surface area contributed by atoms with E-state index in [2.05, 4.69) is 96.4 Å². The average Bonchev–Trinajstić information content (AvgIpc) is 3.41. The van der Waals surface area contributed by atoms with Crippen LogP contribution in [0.25, 0.3) is 22.2 Å². The highest BCUT2D eigenvalue weighted by Crippen LogP contribution is 2.43. The molecule has 0 amide bonds. The van der Waals surface area contributed by atoms with Crippen LogP contribution in [0.2, 0.25) is 5.02 Å². The van der Waals surface area contributed by atoms with Crippen LogP contribution in [0.15, 0.2) is 128 Å². The third-order valence-electron chi connectivity index (χ3n) is 7.33. The lowest BCUT2D eigenvalue weighted by molar-refractivity contribution is 0.112. The van der Waals surface area contributed by atoms with Crippen molar-refractivity contribution in [1.29, 1.82) is 0 Å². The van der Waals surface area contributed by atoms with Gasteiger partial charge in [-0.15, -0.1) is 0 Å². The number of hydrogen-bond acceptors (Lipinski definition) is 2. The lowest BCUT2D eigenvalue weighted by Gasteiger charge is -2.38. The lowest BCUT2D eigenvalue weighted by Crippen LogP contribution is -2.37. The van der Waals surface area contributed by atoms with Crippen molar-refractivity contribution < 1.29 is 4.79 Å². The molecule has 6 aromatic rings. The standard InChI is InChI=1S/C34H25ClN2O/c1-24-29(30-18-17-25(22-38)21-31(30)35)19-20-32-33(24)36-23-37(32)34(26-11-5-2-6-12-26,27-13-7-3-8-14-27)28-15-9-4-10-16-28/h2-23H,1H3. The number of rotatable bonds is 6. The number of carbonyl (C=O) groups excluding carboxylic acids is 1. The first-order valence-corrected chi connectivity index (χ1v) is 12.9. The Kier molecular flexibility index (Phi) is 6.15. The van der Waals surface area contributed by atoms with Crippen LogP contribution in [0.1, 0.15) is 32.6 Å². The SMILES string of the molecule is Cc1c(-c2ccc(C=O)cc2Cl)ccc2c1ncn2C(c1ccccc1)(c1ccccc1)c1ccccc1. The van der Waals surface area contributed by atoms with Gasteiger partial charge in [0.05, 0.1) is 17.4 Å². The molecule has 0 unspecified atom stereocenters. The summed E-state index contributed by atoms with van der Waals surface area (Å²) in [7, 11) is 0. The maximum Gasteiger partial charge on any atom is 0.150 e. The molecule has 1 heterocycles. The van der Waals surface area contributed by atoms with Gasteiger partial charge in [0.2, 0.25) is 0 Å². The highest BCUT2D eigenvalue weighted by molar-refractivity contribution is 6.33. The number of imidazole rings is 1. The number of aryl methyl sites for hydroxylation is 1. The van der Waals surface area contributed by atoms with Crippen molar-refractivity contribution in [3.8, 4) is 11.1 Å². The molecule has 0 spiro atoms. The Hall–Kier alpha value is -4.47. The molecule has 0 bridgehead atoms. The second-order valence-corrected chi connectivity index (χ2v) is 9.79. The van der Waals surface area contributed by atoms with E-state index in [9.17, 15) is 4.79 Å². The number of halogens is 1. The summed E-state index contributed by atoms with van der Waals surface area (Å²) in [6.07, 6.45) is 2.76.